The van der Waals surface area contributed by atoms with Gasteiger partial charge in [0, 0.05) is 17.7 Å². The van der Waals surface area contributed by atoms with Crippen LogP contribution in [-0.2, 0) is 4.74 Å². The Morgan fingerprint density at radius 3 is 2.30 bits per heavy atom. The summed E-state index contributed by atoms with van der Waals surface area (Å²) >= 11 is 0. The molecule has 1 aromatic heterocycles. The van der Waals surface area contributed by atoms with E-state index < -0.39 is 54.1 Å². The number of aliphatic hydroxyl groups is 4. The zero-order valence-electron chi connectivity index (χ0n) is 17.2. The van der Waals surface area contributed by atoms with Crippen molar-refractivity contribution >= 4 is 11.0 Å². The molecular weight excluding hydrogens is 440 g/mol. The summed E-state index contributed by atoms with van der Waals surface area (Å²) in [5.41, 5.74) is -0.844. The normalized spacial score (nSPS) is 25.3. The van der Waals surface area contributed by atoms with E-state index in [4.69, 9.17) is 13.9 Å². The van der Waals surface area contributed by atoms with E-state index in [0.29, 0.717) is 0 Å². The molecule has 0 amide bonds. The van der Waals surface area contributed by atoms with Gasteiger partial charge in [0.1, 0.15) is 53.2 Å². The summed E-state index contributed by atoms with van der Waals surface area (Å²) in [6.07, 6.45) is -7.89. The number of aliphatic hydroxyl groups excluding tert-OH is 4. The monoisotopic (exact) mass is 462 g/mol. The molecule has 33 heavy (non-hydrogen) atoms. The molecule has 1 aliphatic heterocycles. The lowest BCUT2D eigenvalue weighted by Gasteiger charge is -2.40. The van der Waals surface area contributed by atoms with Crippen molar-refractivity contribution in [2.24, 2.45) is 0 Å². The van der Waals surface area contributed by atoms with Gasteiger partial charge in [0.05, 0.1) is 19.3 Å². The van der Waals surface area contributed by atoms with E-state index in [1.807, 2.05) is 0 Å². The Balaban J connectivity index is 1.99. The van der Waals surface area contributed by atoms with Crippen LogP contribution in [0.4, 0.5) is 0 Å². The van der Waals surface area contributed by atoms with Crippen molar-refractivity contribution in [1.29, 1.82) is 0 Å². The van der Waals surface area contributed by atoms with Crippen LogP contribution in [-0.4, -0.2) is 73.9 Å². The molecule has 5 atom stereocenters. The number of ether oxygens (including phenoxy) is 2. The van der Waals surface area contributed by atoms with Crippen LogP contribution in [0.25, 0.3) is 22.3 Å². The minimum absolute atomic E-state index is 0.0373. The molecule has 0 aliphatic carbocycles. The maximum atomic E-state index is 13.0. The molecule has 0 saturated carbocycles. The zero-order valence-corrected chi connectivity index (χ0v) is 17.2. The van der Waals surface area contributed by atoms with E-state index in [2.05, 4.69) is 0 Å². The maximum Gasteiger partial charge on any atom is 0.197 e. The molecule has 3 aromatic rings. The van der Waals surface area contributed by atoms with Crippen LogP contribution in [0.2, 0.25) is 0 Å². The Bertz CT molecular complexity index is 1250. The van der Waals surface area contributed by atoms with Crippen LogP contribution in [0.1, 0.15) is 11.7 Å². The van der Waals surface area contributed by atoms with Gasteiger partial charge in [0.15, 0.2) is 22.5 Å². The first-order valence-electron chi connectivity index (χ1n) is 9.88. The fourth-order valence-corrected chi connectivity index (χ4v) is 3.90. The fourth-order valence-electron chi connectivity index (χ4n) is 3.90. The van der Waals surface area contributed by atoms with E-state index in [0.717, 1.165) is 18.2 Å². The molecule has 0 bridgehead atoms. The highest BCUT2D eigenvalue weighted by molar-refractivity contribution is 5.90. The van der Waals surface area contributed by atoms with Gasteiger partial charge in [-0.05, 0) is 18.2 Å². The molecule has 2 heterocycles. The molecular formula is C22H22O11. The van der Waals surface area contributed by atoms with Gasteiger partial charge in [0.25, 0.3) is 0 Å². The standard InChI is InChI=1S/C22H22O11/c1-31-14-6-12(27)17(22-20(30)19(29)18(28)15(7-23)33-22)21-16(14)11(26)5-13(32-21)8-2-3-9(24)10(25)4-8/h2-6,15,18-20,22-25,27-30H,7H2,1H3/t15?,18-,19+,20?,22+/m1/s1. The number of hydrogen-bond acceptors (Lipinski definition) is 11. The Labute approximate surface area is 185 Å². The summed E-state index contributed by atoms with van der Waals surface area (Å²) in [5, 5.41) is 70.3. The molecule has 176 valence electrons. The van der Waals surface area contributed by atoms with Crippen LogP contribution >= 0.6 is 0 Å². The number of benzene rings is 2. The zero-order chi connectivity index (χ0) is 24.0. The average Bonchev–Trinajstić information content (AvgIpc) is 2.79. The lowest BCUT2D eigenvalue weighted by Crippen LogP contribution is -2.55. The first kappa shape index (κ1) is 22.8. The third kappa shape index (κ3) is 3.75. The number of aromatic hydroxyl groups is 3. The van der Waals surface area contributed by atoms with Crippen LogP contribution < -0.4 is 10.2 Å². The van der Waals surface area contributed by atoms with Gasteiger partial charge in [-0.15, -0.1) is 0 Å². The predicted octanol–water partition coefficient (Wildman–Crippen LogP) is 0.100. The molecule has 0 spiro atoms. The summed E-state index contributed by atoms with van der Waals surface area (Å²) in [6, 6.07) is 5.96. The second-order valence-electron chi connectivity index (χ2n) is 7.64. The Kier molecular flexibility index (Phi) is 5.91. The number of hydrogen-bond donors (Lipinski definition) is 7. The molecule has 1 fully saturated rings. The first-order chi connectivity index (χ1) is 15.7. The molecule has 7 N–H and O–H groups in total. The van der Waals surface area contributed by atoms with Crippen molar-refractivity contribution in [1.82, 2.24) is 0 Å². The third-order valence-corrected chi connectivity index (χ3v) is 5.64. The van der Waals surface area contributed by atoms with Crippen LogP contribution in [0.5, 0.6) is 23.0 Å². The minimum Gasteiger partial charge on any atom is -0.507 e. The Morgan fingerprint density at radius 1 is 0.939 bits per heavy atom. The van der Waals surface area contributed by atoms with Gasteiger partial charge in [0.2, 0.25) is 0 Å². The van der Waals surface area contributed by atoms with E-state index in [9.17, 15) is 40.5 Å². The Morgan fingerprint density at radius 2 is 1.67 bits per heavy atom. The lowest BCUT2D eigenvalue weighted by molar-refractivity contribution is -0.231. The molecule has 2 unspecified atom stereocenters. The summed E-state index contributed by atoms with van der Waals surface area (Å²) in [6.45, 7) is -0.696. The summed E-state index contributed by atoms with van der Waals surface area (Å²) in [7, 11) is 1.27. The van der Waals surface area contributed by atoms with Gasteiger partial charge in [-0.2, -0.15) is 0 Å². The molecule has 0 radical (unpaired) electrons. The second kappa shape index (κ2) is 8.54. The fraction of sp³-hybridized carbons (Fsp3) is 0.318. The van der Waals surface area contributed by atoms with E-state index in [1.54, 1.807) is 0 Å². The quantitative estimate of drug-likeness (QED) is 0.260. The minimum atomic E-state index is -1.75. The maximum absolute atomic E-state index is 13.0. The summed E-state index contributed by atoms with van der Waals surface area (Å²) < 4.78 is 16.6. The highest BCUT2D eigenvalue weighted by Gasteiger charge is 2.46. The van der Waals surface area contributed by atoms with Gasteiger partial charge >= 0.3 is 0 Å². The summed E-state index contributed by atoms with van der Waals surface area (Å²) in [4.78, 5) is 13.0. The van der Waals surface area contributed by atoms with Gasteiger partial charge in [-0.1, -0.05) is 0 Å². The smallest absolute Gasteiger partial charge is 0.197 e. The number of rotatable bonds is 4. The SMILES string of the molecule is COc1cc(O)c([C@@H]2OC(CO)[C@@H](O)[C@H](O)C2O)c2oc(-c3ccc(O)c(O)c3)cc(=O)c12. The van der Waals surface area contributed by atoms with E-state index >= 15 is 0 Å². The first-order valence-corrected chi connectivity index (χ1v) is 9.88. The molecule has 11 nitrogen and oxygen atoms in total. The molecule has 1 aliphatic rings. The van der Waals surface area contributed by atoms with Crippen molar-refractivity contribution in [3.8, 4) is 34.3 Å². The highest BCUT2D eigenvalue weighted by Crippen LogP contribution is 2.44. The van der Waals surface area contributed by atoms with Crippen LogP contribution in [0, 0.1) is 0 Å². The topological polar surface area (TPSA) is 190 Å². The van der Waals surface area contributed by atoms with Gasteiger partial charge in [-0.25, -0.2) is 0 Å². The number of phenols is 3. The van der Waals surface area contributed by atoms with Gasteiger partial charge < -0.3 is 49.6 Å². The third-order valence-electron chi connectivity index (χ3n) is 5.64. The van der Waals surface area contributed by atoms with Crippen molar-refractivity contribution in [3.63, 3.8) is 0 Å². The van der Waals surface area contributed by atoms with Gasteiger partial charge in [-0.3, -0.25) is 4.79 Å². The van der Waals surface area contributed by atoms with Crippen molar-refractivity contribution in [2.45, 2.75) is 30.5 Å². The number of methoxy groups -OCH3 is 1. The van der Waals surface area contributed by atoms with E-state index in [1.165, 1.54) is 19.2 Å². The van der Waals surface area contributed by atoms with Crippen LogP contribution in [0.3, 0.4) is 0 Å². The molecule has 1 saturated heterocycles. The van der Waals surface area contributed by atoms with Crippen molar-refractivity contribution < 1.29 is 49.6 Å². The predicted molar refractivity (Wildman–Crippen MR) is 112 cm³/mol. The van der Waals surface area contributed by atoms with Crippen LogP contribution in [0.15, 0.2) is 39.5 Å². The molecule has 4 rings (SSSR count). The molecule has 2 aromatic carbocycles. The Hall–Kier alpha value is -3.35. The lowest BCUT2D eigenvalue weighted by atomic mass is 9.89. The molecule has 11 heteroatoms. The number of phenolic OH excluding ortho intramolecular Hbond substituents is 3. The van der Waals surface area contributed by atoms with Crippen molar-refractivity contribution in [2.75, 3.05) is 13.7 Å². The average molecular weight is 462 g/mol. The largest absolute Gasteiger partial charge is 0.507 e. The second-order valence-corrected chi connectivity index (χ2v) is 7.64. The number of fused-ring (bicyclic) bond motifs is 1. The van der Waals surface area contributed by atoms with E-state index in [-0.39, 0.29) is 39.4 Å². The highest BCUT2D eigenvalue weighted by atomic mass is 16.5. The summed E-state index contributed by atoms with van der Waals surface area (Å²) in [5.74, 6) is -1.44. The van der Waals surface area contributed by atoms with Crippen molar-refractivity contribution in [3.05, 3.63) is 46.1 Å².